The molecule has 0 bridgehead atoms. The lowest BCUT2D eigenvalue weighted by Crippen LogP contribution is -2.51. The van der Waals surface area contributed by atoms with Crippen LogP contribution in [0.3, 0.4) is 0 Å². The van der Waals surface area contributed by atoms with Gasteiger partial charge in [0.25, 0.3) is 0 Å². The lowest BCUT2D eigenvalue weighted by atomic mass is 9.97. The van der Waals surface area contributed by atoms with E-state index in [1.54, 1.807) is 4.90 Å². The fourth-order valence-corrected chi connectivity index (χ4v) is 3.19. The average Bonchev–Trinajstić information content (AvgIpc) is 2.39. The molecule has 0 aromatic carbocycles. The van der Waals surface area contributed by atoms with Crippen LogP contribution in [0.2, 0.25) is 0 Å². The Morgan fingerprint density at radius 3 is 2.05 bits per heavy atom. The van der Waals surface area contributed by atoms with Crippen molar-refractivity contribution >= 4 is 11.8 Å². The minimum absolute atomic E-state index is 0.0926. The maximum atomic E-state index is 12.5. The monoisotopic (exact) mass is 297 g/mol. The van der Waals surface area contributed by atoms with Gasteiger partial charge in [0.05, 0.1) is 13.1 Å². The van der Waals surface area contributed by atoms with Gasteiger partial charge in [-0.05, 0) is 54.0 Å². The Hall–Kier alpha value is -1.10. The highest BCUT2D eigenvalue weighted by molar-refractivity contribution is 5.81. The Kier molecular flexibility index (Phi) is 7.15. The van der Waals surface area contributed by atoms with Crippen LogP contribution >= 0.6 is 0 Å². The second-order valence-electron chi connectivity index (χ2n) is 6.17. The van der Waals surface area contributed by atoms with Crippen LogP contribution in [0.15, 0.2) is 0 Å². The molecule has 1 rings (SSSR count). The van der Waals surface area contributed by atoms with E-state index >= 15 is 0 Å². The minimum Gasteiger partial charge on any atom is -0.342 e. The molecule has 0 aliphatic carbocycles. The van der Waals surface area contributed by atoms with Gasteiger partial charge >= 0.3 is 0 Å². The van der Waals surface area contributed by atoms with E-state index in [4.69, 9.17) is 0 Å². The molecule has 1 saturated heterocycles. The van der Waals surface area contributed by atoms with Crippen LogP contribution in [0.25, 0.3) is 0 Å². The molecule has 5 heteroatoms. The number of hydrogen-bond acceptors (Lipinski definition) is 3. The van der Waals surface area contributed by atoms with Gasteiger partial charge < -0.3 is 9.80 Å². The first-order valence-electron chi connectivity index (χ1n) is 8.18. The molecule has 5 nitrogen and oxygen atoms in total. The fourth-order valence-electron chi connectivity index (χ4n) is 3.19. The standard InChI is InChI=1S/C16H31N3O2/c1-6-18(7-2)15(20)11-17(5)12-16(21)19-13(3)9-8-10-14(19)4/h13-14H,6-12H2,1-5H3. The molecule has 122 valence electrons. The van der Waals surface area contributed by atoms with Crippen LogP contribution in [0.4, 0.5) is 0 Å². The molecule has 2 amide bonds. The maximum absolute atomic E-state index is 12.5. The van der Waals surface area contributed by atoms with E-state index < -0.39 is 0 Å². The molecule has 0 spiro atoms. The van der Waals surface area contributed by atoms with Crippen molar-refractivity contribution in [2.45, 2.75) is 59.0 Å². The first-order valence-corrected chi connectivity index (χ1v) is 8.18. The Morgan fingerprint density at radius 2 is 1.57 bits per heavy atom. The summed E-state index contributed by atoms with van der Waals surface area (Å²) in [5, 5.41) is 0. The molecular formula is C16H31N3O2. The van der Waals surface area contributed by atoms with Gasteiger partial charge in [-0.25, -0.2) is 0 Å². The number of rotatable bonds is 6. The van der Waals surface area contributed by atoms with Crippen molar-refractivity contribution < 1.29 is 9.59 Å². The minimum atomic E-state index is 0.0926. The van der Waals surface area contributed by atoms with E-state index in [1.165, 1.54) is 6.42 Å². The van der Waals surface area contributed by atoms with E-state index in [-0.39, 0.29) is 11.8 Å². The molecular weight excluding hydrogens is 266 g/mol. The highest BCUT2D eigenvalue weighted by Crippen LogP contribution is 2.22. The number of carbonyl (C=O) groups excluding carboxylic acids is 2. The molecule has 1 aliphatic rings. The van der Waals surface area contributed by atoms with Crippen molar-refractivity contribution in [3.05, 3.63) is 0 Å². The van der Waals surface area contributed by atoms with E-state index in [9.17, 15) is 9.59 Å². The second-order valence-corrected chi connectivity index (χ2v) is 6.17. The summed E-state index contributed by atoms with van der Waals surface area (Å²) < 4.78 is 0. The van der Waals surface area contributed by atoms with Gasteiger partial charge in [-0.15, -0.1) is 0 Å². The molecule has 1 heterocycles. The van der Waals surface area contributed by atoms with Crippen LogP contribution in [0.5, 0.6) is 0 Å². The summed E-state index contributed by atoms with van der Waals surface area (Å²) >= 11 is 0. The van der Waals surface area contributed by atoms with Crippen LogP contribution in [-0.2, 0) is 9.59 Å². The predicted octanol–water partition coefficient (Wildman–Crippen LogP) is 1.58. The number of nitrogens with zero attached hydrogens (tertiary/aromatic N) is 3. The zero-order valence-corrected chi connectivity index (χ0v) is 14.3. The quantitative estimate of drug-likeness (QED) is 0.747. The Labute approximate surface area is 129 Å². The molecule has 1 fully saturated rings. The Bertz CT molecular complexity index is 345. The summed E-state index contributed by atoms with van der Waals surface area (Å²) in [6.45, 7) is 10.3. The van der Waals surface area contributed by atoms with Gasteiger partial charge in [-0.2, -0.15) is 0 Å². The molecule has 21 heavy (non-hydrogen) atoms. The highest BCUT2D eigenvalue weighted by Gasteiger charge is 2.29. The largest absolute Gasteiger partial charge is 0.342 e. The Balaban J connectivity index is 2.51. The third-order valence-corrected chi connectivity index (χ3v) is 4.41. The summed E-state index contributed by atoms with van der Waals surface area (Å²) in [4.78, 5) is 30.2. The SMILES string of the molecule is CCN(CC)C(=O)CN(C)CC(=O)N1C(C)CCCC1C. The van der Waals surface area contributed by atoms with E-state index in [1.807, 2.05) is 30.7 Å². The molecule has 0 N–H and O–H groups in total. The number of amides is 2. The first kappa shape index (κ1) is 18.0. The first-order chi connectivity index (χ1) is 9.90. The molecule has 0 saturated carbocycles. The summed E-state index contributed by atoms with van der Waals surface area (Å²) in [6, 6.07) is 0.626. The maximum Gasteiger partial charge on any atom is 0.237 e. The fraction of sp³-hybridized carbons (Fsp3) is 0.875. The Morgan fingerprint density at radius 1 is 1.05 bits per heavy atom. The van der Waals surface area contributed by atoms with Crippen molar-refractivity contribution in [1.29, 1.82) is 0 Å². The van der Waals surface area contributed by atoms with Crippen LogP contribution < -0.4 is 0 Å². The van der Waals surface area contributed by atoms with Gasteiger partial charge in [-0.3, -0.25) is 14.5 Å². The van der Waals surface area contributed by atoms with Crippen molar-refractivity contribution in [3.63, 3.8) is 0 Å². The molecule has 0 aromatic rings. The average molecular weight is 297 g/mol. The number of hydrogen-bond donors (Lipinski definition) is 0. The van der Waals surface area contributed by atoms with Crippen molar-refractivity contribution in [2.24, 2.45) is 0 Å². The number of likely N-dealkylation sites (tertiary alicyclic amines) is 1. The molecule has 2 atom stereocenters. The number of carbonyl (C=O) groups is 2. The normalized spacial score (nSPS) is 22.5. The predicted molar refractivity (Wildman–Crippen MR) is 85.0 cm³/mol. The van der Waals surface area contributed by atoms with Gasteiger partial charge in [0.2, 0.25) is 11.8 Å². The van der Waals surface area contributed by atoms with E-state index in [0.29, 0.717) is 25.2 Å². The molecule has 2 unspecified atom stereocenters. The topological polar surface area (TPSA) is 43.9 Å². The summed E-state index contributed by atoms with van der Waals surface area (Å²) in [6.07, 6.45) is 3.36. The summed E-state index contributed by atoms with van der Waals surface area (Å²) in [5.74, 6) is 0.236. The van der Waals surface area contributed by atoms with Gasteiger partial charge in [-0.1, -0.05) is 0 Å². The zero-order chi connectivity index (χ0) is 16.0. The lowest BCUT2D eigenvalue weighted by molar-refractivity contribution is -0.139. The summed E-state index contributed by atoms with van der Waals surface area (Å²) in [5.41, 5.74) is 0. The molecule has 1 aliphatic heterocycles. The van der Waals surface area contributed by atoms with Gasteiger partial charge in [0.1, 0.15) is 0 Å². The van der Waals surface area contributed by atoms with Crippen LogP contribution in [0.1, 0.15) is 47.0 Å². The number of piperidine rings is 1. The molecule has 0 radical (unpaired) electrons. The smallest absolute Gasteiger partial charge is 0.237 e. The number of likely N-dealkylation sites (N-methyl/N-ethyl adjacent to an activating group) is 2. The van der Waals surface area contributed by atoms with E-state index in [0.717, 1.165) is 25.9 Å². The van der Waals surface area contributed by atoms with Gasteiger partial charge in [0, 0.05) is 25.2 Å². The highest BCUT2D eigenvalue weighted by atomic mass is 16.2. The van der Waals surface area contributed by atoms with E-state index in [2.05, 4.69) is 13.8 Å². The molecule has 0 aromatic heterocycles. The van der Waals surface area contributed by atoms with Crippen LogP contribution in [-0.4, -0.2) is 71.8 Å². The van der Waals surface area contributed by atoms with Crippen molar-refractivity contribution in [3.8, 4) is 0 Å². The zero-order valence-electron chi connectivity index (χ0n) is 14.3. The van der Waals surface area contributed by atoms with Crippen LogP contribution in [0, 0.1) is 0 Å². The van der Waals surface area contributed by atoms with Crippen molar-refractivity contribution in [1.82, 2.24) is 14.7 Å². The summed E-state index contributed by atoms with van der Waals surface area (Å²) in [7, 11) is 1.85. The van der Waals surface area contributed by atoms with Gasteiger partial charge in [0.15, 0.2) is 0 Å². The third kappa shape index (κ3) is 4.99. The second kappa shape index (κ2) is 8.37. The third-order valence-electron chi connectivity index (χ3n) is 4.41. The van der Waals surface area contributed by atoms with Crippen molar-refractivity contribution in [2.75, 3.05) is 33.2 Å². The lowest BCUT2D eigenvalue weighted by Gasteiger charge is -2.39.